The largest absolute Gasteiger partial charge is 0.415 e. The Labute approximate surface area is 108 Å². The number of likely N-dealkylation sites (N-methyl/N-ethyl adjacent to an activating group) is 1. The third-order valence-corrected chi connectivity index (χ3v) is 3.30. The highest BCUT2D eigenvalue weighted by molar-refractivity contribution is 5.70. The maximum Gasteiger partial charge on any atom is 0.415 e. The molecule has 1 aliphatic rings. The first kappa shape index (κ1) is 12.9. The monoisotopic (exact) mass is 248 g/mol. The van der Waals surface area contributed by atoms with Gasteiger partial charge in [-0.2, -0.15) is 0 Å². The number of ether oxygens (including phenoxy) is 1. The van der Waals surface area contributed by atoms with Crippen LogP contribution in [0.5, 0.6) is 5.75 Å². The maximum atomic E-state index is 11.7. The topological polar surface area (TPSA) is 55.6 Å². The molecule has 0 atom stereocenters. The Hall–Kier alpha value is -1.55. The predicted molar refractivity (Wildman–Crippen MR) is 70.8 cm³/mol. The zero-order valence-electron chi connectivity index (χ0n) is 10.8. The number of carbonyl (C=O) groups is 1. The molecular formula is C14H20N2O2. The molecule has 18 heavy (non-hydrogen) atoms. The van der Waals surface area contributed by atoms with Crippen molar-refractivity contribution in [2.45, 2.75) is 25.7 Å². The first-order valence-corrected chi connectivity index (χ1v) is 6.45. The Bertz CT molecular complexity index is 432. The Morgan fingerprint density at radius 3 is 2.78 bits per heavy atom. The van der Waals surface area contributed by atoms with Crippen molar-refractivity contribution in [3.8, 4) is 5.75 Å². The summed E-state index contributed by atoms with van der Waals surface area (Å²) in [7, 11) is 1.69. The van der Waals surface area contributed by atoms with Crippen molar-refractivity contribution < 1.29 is 9.53 Å². The molecule has 2 N–H and O–H groups in total. The molecule has 0 bridgehead atoms. The lowest BCUT2D eigenvalue weighted by molar-refractivity contribution is 0.164. The molecule has 0 aromatic heterocycles. The van der Waals surface area contributed by atoms with Gasteiger partial charge in [-0.15, -0.1) is 0 Å². The van der Waals surface area contributed by atoms with E-state index in [1.54, 1.807) is 7.05 Å². The normalized spacial score (nSPS) is 13.9. The van der Waals surface area contributed by atoms with Gasteiger partial charge in [0.1, 0.15) is 5.75 Å². The second kappa shape index (κ2) is 5.87. The Morgan fingerprint density at radius 1 is 1.33 bits per heavy atom. The predicted octanol–water partition coefficient (Wildman–Crippen LogP) is 1.95. The lowest BCUT2D eigenvalue weighted by atomic mass is 9.92. The minimum absolute atomic E-state index is 0.351. The highest BCUT2D eigenvalue weighted by atomic mass is 16.6. The number of aryl methyl sites for hydroxylation is 2. The number of fused-ring (bicyclic) bond motifs is 1. The summed E-state index contributed by atoms with van der Waals surface area (Å²) >= 11 is 0. The van der Waals surface area contributed by atoms with Gasteiger partial charge in [0.15, 0.2) is 0 Å². The average Bonchev–Trinajstić information content (AvgIpc) is 2.39. The van der Waals surface area contributed by atoms with Gasteiger partial charge in [-0.1, -0.05) is 6.07 Å². The van der Waals surface area contributed by atoms with E-state index in [1.165, 1.54) is 28.9 Å². The number of nitrogens with two attached hydrogens (primary N) is 1. The van der Waals surface area contributed by atoms with Crippen LogP contribution in [0.1, 0.15) is 24.0 Å². The van der Waals surface area contributed by atoms with E-state index in [0.29, 0.717) is 18.8 Å². The molecule has 4 heteroatoms. The SMILES string of the molecule is CN(CCN)C(=O)Oc1ccc2c(c1)CCCC2. The first-order valence-electron chi connectivity index (χ1n) is 6.45. The Morgan fingerprint density at radius 2 is 2.06 bits per heavy atom. The smallest absolute Gasteiger partial charge is 0.410 e. The number of benzene rings is 1. The summed E-state index contributed by atoms with van der Waals surface area (Å²) in [6.45, 7) is 0.944. The zero-order valence-corrected chi connectivity index (χ0v) is 10.8. The van der Waals surface area contributed by atoms with Gasteiger partial charge in [-0.3, -0.25) is 0 Å². The van der Waals surface area contributed by atoms with Crippen molar-refractivity contribution >= 4 is 6.09 Å². The fourth-order valence-corrected chi connectivity index (χ4v) is 2.24. The van der Waals surface area contributed by atoms with Gasteiger partial charge >= 0.3 is 6.09 Å². The molecule has 1 aliphatic carbocycles. The van der Waals surface area contributed by atoms with Crippen LogP contribution in [-0.2, 0) is 12.8 Å². The standard InChI is InChI=1S/C14H20N2O2/c1-16(9-8-15)14(17)18-13-7-6-11-4-2-3-5-12(11)10-13/h6-7,10H,2-5,8-9,15H2,1H3. The molecule has 0 saturated heterocycles. The molecule has 0 fully saturated rings. The Kier molecular flexibility index (Phi) is 4.20. The highest BCUT2D eigenvalue weighted by Crippen LogP contribution is 2.25. The van der Waals surface area contributed by atoms with Crippen LogP contribution in [0.2, 0.25) is 0 Å². The average molecular weight is 248 g/mol. The van der Waals surface area contributed by atoms with Gasteiger partial charge in [0.2, 0.25) is 0 Å². The summed E-state index contributed by atoms with van der Waals surface area (Å²) in [5.74, 6) is 0.629. The van der Waals surface area contributed by atoms with Gasteiger partial charge in [-0.05, 0) is 48.9 Å². The van der Waals surface area contributed by atoms with E-state index >= 15 is 0 Å². The van der Waals surface area contributed by atoms with Crippen LogP contribution in [-0.4, -0.2) is 31.1 Å². The van der Waals surface area contributed by atoms with Crippen LogP contribution in [0.3, 0.4) is 0 Å². The molecule has 0 spiro atoms. The number of rotatable bonds is 3. The van der Waals surface area contributed by atoms with Gasteiger partial charge in [-0.25, -0.2) is 4.79 Å². The maximum absolute atomic E-state index is 11.7. The Balaban J connectivity index is 2.03. The van der Waals surface area contributed by atoms with Crippen molar-refractivity contribution in [3.05, 3.63) is 29.3 Å². The van der Waals surface area contributed by atoms with Gasteiger partial charge in [0.25, 0.3) is 0 Å². The zero-order chi connectivity index (χ0) is 13.0. The second-order valence-corrected chi connectivity index (χ2v) is 4.72. The second-order valence-electron chi connectivity index (χ2n) is 4.72. The minimum atomic E-state index is -0.351. The van der Waals surface area contributed by atoms with Crippen LogP contribution in [0, 0.1) is 0 Å². The number of hydrogen-bond donors (Lipinski definition) is 1. The van der Waals surface area contributed by atoms with Crippen LogP contribution < -0.4 is 10.5 Å². The van der Waals surface area contributed by atoms with E-state index in [2.05, 4.69) is 6.07 Å². The molecular weight excluding hydrogens is 228 g/mol. The third-order valence-electron chi connectivity index (χ3n) is 3.30. The van der Waals surface area contributed by atoms with Crippen molar-refractivity contribution in [3.63, 3.8) is 0 Å². The summed E-state index contributed by atoms with van der Waals surface area (Å²) in [6, 6.07) is 5.93. The molecule has 1 aromatic carbocycles. The van der Waals surface area contributed by atoms with Crippen molar-refractivity contribution in [2.75, 3.05) is 20.1 Å². The summed E-state index contributed by atoms with van der Waals surface area (Å²) in [4.78, 5) is 13.2. The molecule has 0 unspecified atom stereocenters. The summed E-state index contributed by atoms with van der Waals surface area (Å²) in [6.07, 6.45) is 4.34. The third kappa shape index (κ3) is 3.01. The molecule has 98 valence electrons. The highest BCUT2D eigenvalue weighted by Gasteiger charge is 2.13. The molecule has 0 heterocycles. The van der Waals surface area contributed by atoms with Gasteiger partial charge < -0.3 is 15.4 Å². The molecule has 4 nitrogen and oxygen atoms in total. The summed E-state index contributed by atoms with van der Waals surface area (Å²) in [5.41, 5.74) is 8.10. The molecule has 0 aliphatic heterocycles. The van der Waals surface area contributed by atoms with E-state index < -0.39 is 0 Å². The lowest BCUT2D eigenvalue weighted by Gasteiger charge is -2.18. The minimum Gasteiger partial charge on any atom is -0.410 e. The van der Waals surface area contributed by atoms with Crippen LogP contribution in [0.25, 0.3) is 0 Å². The van der Waals surface area contributed by atoms with Crippen molar-refractivity contribution in [1.82, 2.24) is 4.90 Å². The van der Waals surface area contributed by atoms with E-state index in [-0.39, 0.29) is 6.09 Å². The van der Waals surface area contributed by atoms with Gasteiger partial charge in [0, 0.05) is 20.1 Å². The fourth-order valence-electron chi connectivity index (χ4n) is 2.24. The quantitative estimate of drug-likeness (QED) is 0.889. The number of nitrogens with zero attached hydrogens (tertiary/aromatic N) is 1. The first-order chi connectivity index (χ1) is 8.70. The molecule has 1 aromatic rings. The summed E-state index contributed by atoms with van der Waals surface area (Å²) in [5, 5.41) is 0. The van der Waals surface area contributed by atoms with E-state index in [0.717, 1.165) is 12.8 Å². The molecule has 0 saturated carbocycles. The lowest BCUT2D eigenvalue weighted by Crippen LogP contribution is -2.33. The number of hydrogen-bond acceptors (Lipinski definition) is 3. The van der Waals surface area contributed by atoms with Crippen molar-refractivity contribution in [1.29, 1.82) is 0 Å². The van der Waals surface area contributed by atoms with Gasteiger partial charge in [0.05, 0.1) is 0 Å². The number of amides is 1. The molecule has 0 radical (unpaired) electrons. The molecule has 1 amide bonds. The van der Waals surface area contributed by atoms with Crippen LogP contribution >= 0.6 is 0 Å². The van der Waals surface area contributed by atoms with Crippen molar-refractivity contribution in [2.24, 2.45) is 5.73 Å². The fraction of sp³-hybridized carbons (Fsp3) is 0.500. The summed E-state index contributed by atoms with van der Waals surface area (Å²) < 4.78 is 5.33. The van der Waals surface area contributed by atoms with E-state index in [9.17, 15) is 4.79 Å². The van der Waals surface area contributed by atoms with E-state index in [1.807, 2.05) is 12.1 Å². The van der Waals surface area contributed by atoms with Crippen LogP contribution in [0.4, 0.5) is 4.79 Å². The van der Waals surface area contributed by atoms with E-state index in [4.69, 9.17) is 10.5 Å². The number of carbonyl (C=O) groups excluding carboxylic acids is 1. The molecule has 2 rings (SSSR count). The van der Waals surface area contributed by atoms with Crippen LogP contribution in [0.15, 0.2) is 18.2 Å².